The van der Waals surface area contributed by atoms with E-state index in [1.807, 2.05) is 12.1 Å². The van der Waals surface area contributed by atoms with Gasteiger partial charge >= 0.3 is 0 Å². The van der Waals surface area contributed by atoms with Crippen LogP contribution in [0.2, 0.25) is 0 Å². The van der Waals surface area contributed by atoms with Crippen LogP contribution in [0, 0.1) is 11.8 Å². The van der Waals surface area contributed by atoms with Crippen molar-refractivity contribution >= 4 is 5.69 Å². The van der Waals surface area contributed by atoms with Gasteiger partial charge in [-0.3, -0.25) is 0 Å². The molecule has 1 aliphatic rings. The first kappa shape index (κ1) is 12.4. The zero-order chi connectivity index (χ0) is 12.3. The van der Waals surface area contributed by atoms with Crippen molar-refractivity contribution < 1.29 is 5.11 Å². The molecule has 1 aromatic rings. The molecule has 2 nitrogen and oxygen atoms in total. The average molecular weight is 233 g/mol. The molecule has 94 valence electrons. The van der Waals surface area contributed by atoms with E-state index in [1.54, 1.807) is 0 Å². The Labute approximate surface area is 104 Å². The molecule has 2 rings (SSSR count). The molecule has 0 bridgehead atoms. The summed E-state index contributed by atoms with van der Waals surface area (Å²) in [6.45, 7) is 7.03. The molecule has 0 spiro atoms. The van der Waals surface area contributed by atoms with Gasteiger partial charge in [-0.2, -0.15) is 0 Å². The minimum Gasteiger partial charge on any atom is -0.392 e. The number of aliphatic hydroxyl groups is 1. The molecule has 0 aliphatic carbocycles. The molecule has 17 heavy (non-hydrogen) atoms. The Bertz CT molecular complexity index is 354. The highest BCUT2D eigenvalue weighted by Gasteiger charge is 2.22. The topological polar surface area (TPSA) is 23.5 Å². The van der Waals surface area contributed by atoms with Crippen LogP contribution in [0.5, 0.6) is 0 Å². The number of anilines is 1. The van der Waals surface area contributed by atoms with Gasteiger partial charge in [0.05, 0.1) is 6.61 Å². The van der Waals surface area contributed by atoms with Crippen molar-refractivity contribution in [3.05, 3.63) is 29.8 Å². The number of benzene rings is 1. The minimum atomic E-state index is 0.139. The highest BCUT2D eigenvalue weighted by atomic mass is 16.3. The SMILES string of the molecule is CC(C)C1CCN(c2ccccc2CO)CC1. The molecule has 0 radical (unpaired) electrons. The summed E-state index contributed by atoms with van der Waals surface area (Å²) in [5, 5.41) is 9.36. The molecule has 0 atom stereocenters. The van der Waals surface area contributed by atoms with Crippen LogP contribution in [-0.2, 0) is 6.61 Å². The van der Waals surface area contributed by atoms with Crippen LogP contribution in [0.1, 0.15) is 32.3 Å². The molecule has 0 unspecified atom stereocenters. The maximum atomic E-state index is 9.36. The average Bonchev–Trinajstić information content (AvgIpc) is 2.39. The smallest absolute Gasteiger partial charge is 0.0702 e. The van der Waals surface area contributed by atoms with Crippen LogP contribution in [0.15, 0.2) is 24.3 Å². The molecule has 2 heteroatoms. The minimum absolute atomic E-state index is 0.139. The van der Waals surface area contributed by atoms with Gasteiger partial charge < -0.3 is 10.0 Å². The van der Waals surface area contributed by atoms with E-state index in [-0.39, 0.29) is 6.61 Å². The van der Waals surface area contributed by atoms with Gasteiger partial charge in [-0.05, 0) is 30.7 Å². The Kier molecular flexibility index (Phi) is 4.06. The van der Waals surface area contributed by atoms with Gasteiger partial charge in [-0.1, -0.05) is 32.0 Å². The zero-order valence-electron chi connectivity index (χ0n) is 10.9. The third kappa shape index (κ3) is 2.81. The van der Waals surface area contributed by atoms with Crippen LogP contribution in [-0.4, -0.2) is 18.2 Å². The summed E-state index contributed by atoms with van der Waals surface area (Å²) in [4.78, 5) is 2.42. The standard InChI is InChI=1S/C15H23NO/c1-12(2)13-7-9-16(10-8-13)15-6-4-3-5-14(15)11-17/h3-6,12-13,17H,7-11H2,1-2H3. The summed E-state index contributed by atoms with van der Waals surface area (Å²) in [5.41, 5.74) is 2.27. The van der Waals surface area contributed by atoms with Crippen molar-refractivity contribution in [3.8, 4) is 0 Å². The predicted octanol–water partition coefficient (Wildman–Crippen LogP) is 3.05. The highest BCUT2D eigenvalue weighted by Crippen LogP contribution is 2.29. The highest BCUT2D eigenvalue weighted by molar-refractivity contribution is 5.53. The molecule has 0 saturated carbocycles. The van der Waals surface area contributed by atoms with Gasteiger partial charge in [-0.25, -0.2) is 0 Å². The molecule has 0 amide bonds. The first-order valence-corrected chi connectivity index (χ1v) is 6.66. The van der Waals surface area contributed by atoms with E-state index in [2.05, 4.69) is 30.9 Å². The lowest BCUT2D eigenvalue weighted by Crippen LogP contribution is -2.35. The van der Waals surface area contributed by atoms with E-state index >= 15 is 0 Å². The first-order valence-electron chi connectivity index (χ1n) is 6.66. The lowest BCUT2D eigenvalue weighted by atomic mass is 9.86. The summed E-state index contributed by atoms with van der Waals surface area (Å²) >= 11 is 0. The summed E-state index contributed by atoms with van der Waals surface area (Å²) in [6.07, 6.45) is 2.55. The quantitative estimate of drug-likeness (QED) is 0.867. The predicted molar refractivity (Wildman–Crippen MR) is 72.1 cm³/mol. The second kappa shape index (κ2) is 5.54. The normalized spacial score (nSPS) is 17.8. The van der Waals surface area contributed by atoms with Crippen LogP contribution in [0.4, 0.5) is 5.69 Å². The Morgan fingerprint density at radius 3 is 2.47 bits per heavy atom. The molecule has 1 aliphatic heterocycles. The molecule has 1 aromatic carbocycles. The number of hydrogen-bond donors (Lipinski definition) is 1. The number of nitrogens with zero attached hydrogens (tertiary/aromatic N) is 1. The number of para-hydroxylation sites is 1. The Balaban J connectivity index is 2.05. The first-order chi connectivity index (χ1) is 8.22. The number of aliphatic hydroxyl groups excluding tert-OH is 1. The van der Waals surface area contributed by atoms with Crippen molar-refractivity contribution in [1.29, 1.82) is 0 Å². The van der Waals surface area contributed by atoms with E-state index in [4.69, 9.17) is 0 Å². The fourth-order valence-corrected chi connectivity index (χ4v) is 2.76. The fraction of sp³-hybridized carbons (Fsp3) is 0.600. The van der Waals surface area contributed by atoms with E-state index in [0.29, 0.717) is 0 Å². The van der Waals surface area contributed by atoms with Crippen LogP contribution in [0.3, 0.4) is 0 Å². The number of rotatable bonds is 3. The lowest BCUT2D eigenvalue weighted by molar-refractivity contribution is 0.280. The number of hydrogen-bond acceptors (Lipinski definition) is 2. The zero-order valence-corrected chi connectivity index (χ0v) is 10.9. The van der Waals surface area contributed by atoms with Crippen molar-refractivity contribution in [2.75, 3.05) is 18.0 Å². The van der Waals surface area contributed by atoms with E-state index in [9.17, 15) is 5.11 Å². The van der Waals surface area contributed by atoms with Gasteiger partial charge in [-0.15, -0.1) is 0 Å². The van der Waals surface area contributed by atoms with Crippen LogP contribution in [0.25, 0.3) is 0 Å². The van der Waals surface area contributed by atoms with Crippen molar-refractivity contribution in [3.63, 3.8) is 0 Å². The molecular weight excluding hydrogens is 210 g/mol. The van der Waals surface area contributed by atoms with Gasteiger partial charge in [0.1, 0.15) is 0 Å². The van der Waals surface area contributed by atoms with E-state index in [1.165, 1.54) is 18.5 Å². The van der Waals surface area contributed by atoms with Crippen LogP contribution < -0.4 is 4.90 Å². The lowest BCUT2D eigenvalue weighted by Gasteiger charge is -2.36. The molecule has 1 saturated heterocycles. The Morgan fingerprint density at radius 1 is 1.24 bits per heavy atom. The summed E-state index contributed by atoms with van der Waals surface area (Å²) in [6, 6.07) is 8.20. The van der Waals surface area contributed by atoms with Gasteiger partial charge in [0.2, 0.25) is 0 Å². The third-order valence-corrected chi connectivity index (χ3v) is 3.99. The third-order valence-electron chi connectivity index (χ3n) is 3.99. The largest absolute Gasteiger partial charge is 0.392 e. The van der Waals surface area contributed by atoms with Gasteiger partial charge in [0, 0.05) is 24.3 Å². The van der Waals surface area contributed by atoms with Crippen LogP contribution >= 0.6 is 0 Å². The van der Waals surface area contributed by atoms with Gasteiger partial charge in [0.15, 0.2) is 0 Å². The Morgan fingerprint density at radius 2 is 1.88 bits per heavy atom. The summed E-state index contributed by atoms with van der Waals surface area (Å²) < 4.78 is 0. The molecule has 1 N–H and O–H groups in total. The summed E-state index contributed by atoms with van der Waals surface area (Å²) in [7, 11) is 0. The monoisotopic (exact) mass is 233 g/mol. The number of piperidine rings is 1. The molecule has 1 fully saturated rings. The molecular formula is C15H23NO. The molecule has 1 heterocycles. The van der Waals surface area contributed by atoms with Crippen molar-refractivity contribution in [2.24, 2.45) is 11.8 Å². The van der Waals surface area contributed by atoms with Crippen molar-refractivity contribution in [1.82, 2.24) is 0 Å². The second-order valence-corrected chi connectivity index (χ2v) is 5.36. The second-order valence-electron chi connectivity index (χ2n) is 5.36. The fourth-order valence-electron chi connectivity index (χ4n) is 2.76. The molecule has 0 aromatic heterocycles. The Hall–Kier alpha value is -1.02. The van der Waals surface area contributed by atoms with Crippen molar-refractivity contribution in [2.45, 2.75) is 33.3 Å². The van der Waals surface area contributed by atoms with E-state index in [0.717, 1.165) is 30.5 Å². The maximum Gasteiger partial charge on any atom is 0.0702 e. The summed E-state index contributed by atoms with van der Waals surface area (Å²) in [5.74, 6) is 1.66. The van der Waals surface area contributed by atoms with Gasteiger partial charge in [0.25, 0.3) is 0 Å². The maximum absolute atomic E-state index is 9.36. The van der Waals surface area contributed by atoms with E-state index < -0.39 is 0 Å².